The summed E-state index contributed by atoms with van der Waals surface area (Å²) < 4.78 is 4.82. The molecule has 0 unspecified atom stereocenters. The van der Waals surface area contributed by atoms with E-state index in [4.69, 9.17) is 16.3 Å². The molecule has 72 valence electrons. The van der Waals surface area contributed by atoms with E-state index in [1.807, 2.05) is 6.92 Å². The number of esters is 1. The lowest BCUT2D eigenvalue weighted by molar-refractivity contribution is 0.0527. The quantitative estimate of drug-likeness (QED) is 0.764. The fourth-order valence-corrected chi connectivity index (χ4v) is 1.28. The summed E-state index contributed by atoms with van der Waals surface area (Å²) in [5.41, 5.74) is 1.36. The van der Waals surface area contributed by atoms with E-state index in [-0.39, 0.29) is 5.97 Å². The fraction of sp³-hybridized carbons (Fsp3) is 0.444. The molecular weight excluding hydrogens is 190 g/mol. The average Bonchev–Trinajstić information content (AvgIpc) is 2.47. The molecule has 1 aromatic heterocycles. The second-order valence-corrected chi connectivity index (χ2v) is 2.97. The Morgan fingerprint density at radius 1 is 1.62 bits per heavy atom. The van der Waals surface area contributed by atoms with Gasteiger partial charge in [0.25, 0.3) is 0 Å². The topological polar surface area (TPSA) is 42.1 Å². The van der Waals surface area contributed by atoms with Gasteiger partial charge in [-0.2, -0.15) is 0 Å². The molecule has 13 heavy (non-hydrogen) atoms. The monoisotopic (exact) mass is 201 g/mol. The summed E-state index contributed by atoms with van der Waals surface area (Å²) in [4.78, 5) is 14.2. The number of aromatic amines is 1. The molecule has 0 bridgehead atoms. The highest BCUT2D eigenvalue weighted by atomic mass is 35.5. The number of carbonyl (C=O) groups is 1. The number of halogens is 1. The van der Waals surface area contributed by atoms with Crippen molar-refractivity contribution in [3.05, 3.63) is 22.5 Å². The summed E-state index contributed by atoms with van der Waals surface area (Å²) >= 11 is 5.80. The molecule has 0 fully saturated rings. The molecule has 1 N–H and O–H groups in total. The van der Waals surface area contributed by atoms with Crippen molar-refractivity contribution in [2.45, 2.75) is 20.3 Å². The van der Waals surface area contributed by atoms with Gasteiger partial charge in [-0.1, -0.05) is 18.5 Å². The molecule has 0 saturated heterocycles. The van der Waals surface area contributed by atoms with Crippen LogP contribution in [0.4, 0.5) is 0 Å². The van der Waals surface area contributed by atoms with E-state index in [0.29, 0.717) is 17.3 Å². The van der Waals surface area contributed by atoms with Crippen molar-refractivity contribution < 1.29 is 9.53 Å². The van der Waals surface area contributed by atoms with E-state index in [1.165, 1.54) is 0 Å². The molecule has 0 spiro atoms. The Morgan fingerprint density at radius 2 is 2.31 bits per heavy atom. The number of rotatable bonds is 3. The molecule has 1 aromatic rings. The second kappa shape index (κ2) is 4.33. The number of H-pyrrole nitrogens is 1. The van der Waals surface area contributed by atoms with Crippen LogP contribution >= 0.6 is 11.6 Å². The fourth-order valence-electron chi connectivity index (χ4n) is 1.03. The average molecular weight is 202 g/mol. The molecule has 1 heterocycles. The van der Waals surface area contributed by atoms with Gasteiger partial charge in [-0.15, -0.1) is 0 Å². The summed E-state index contributed by atoms with van der Waals surface area (Å²) in [6, 6.07) is 1.72. The number of ether oxygens (including phenoxy) is 1. The number of hydrogen-bond donors (Lipinski definition) is 1. The lowest BCUT2D eigenvalue weighted by Gasteiger charge is -1.97. The summed E-state index contributed by atoms with van der Waals surface area (Å²) in [6.07, 6.45) is 0.819. The van der Waals surface area contributed by atoms with E-state index in [1.54, 1.807) is 13.0 Å². The van der Waals surface area contributed by atoms with Crippen LogP contribution in [-0.2, 0) is 11.2 Å². The maximum absolute atomic E-state index is 11.3. The van der Waals surface area contributed by atoms with Crippen LogP contribution in [0.25, 0.3) is 0 Å². The first-order valence-corrected chi connectivity index (χ1v) is 4.61. The highest BCUT2D eigenvalue weighted by Crippen LogP contribution is 2.17. The zero-order valence-corrected chi connectivity index (χ0v) is 8.44. The molecule has 0 aliphatic rings. The number of nitrogens with one attached hydrogen (secondary N) is 1. The van der Waals surface area contributed by atoms with Gasteiger partial charge in [0.05, 0.1) is 12.2 Å². The van der Waals surface area contributed by atoms with Gasteiger partial charge < -0.3 is 9.72 Å². The predicted octanol–water partition coefficient (Wildman–Crippen LogP) is 2.41. The van der Waals surface area contributed by atoms with E-state index in [0.717, 1.165) is 12.1 Å². The molecule has 0 amide bonds. The first-order valence-electron chi connectivity index (χ1n) is 4.23. The van der Waals surface area contributed by atoms with Gasteiger partial charge in [-0.3, -0.25) is 0 Å². The van der Waals surface area contributed by atoms with Crippen molar-refractivity contribution in [3.63, 3.8) is 0 Å². The standard InChI is InChI=1S/C9H12ClNO2/c1-3-6-5-7(8(10)11-6)9(12)13-4-2/h5,11H,3-4H2,1-2H3. The SMILES string of the molecule is CCOC(=O)c1cc(CC)[nH]c1Cl. The number of aromatic nitrogens is 1. The third kappa shape index (κ3) is 2.25. The minimum absolute atomic E-state index is 0.357. The first kappa shape index (κ1) is 10.1. The van der Waals surface area contributed by atoms with Gasteiger partial charge in [0.15, 0.2) is 0 Å². The number of hydrogen-bond acceptors (Lipinski definition) is 2. The van der Waals surface area contributed by atoms with Crippen molar-refractivity contribution >= 4 is 17.6 Å². The van der Waals surface area contributed by atoms with Crippen molar-refractivity contribution in [2.75, 3.05) is 6.61 Å². The number of aryl methyl sites for hydroxylation is 1. The Balaban J connectivity index is 2.87. The lowest BCUT2D eigenvalue weighted by atomic mass is 10.3. The van der Waals surface area contributed by atoms with Crippen molar-refractivity contribution in [3.8, 4) is 0 Å². The van der Waals surface area contributed by atoms with E-state index in [2.05, 4.69) is 4.98 Å². The molecular formula is C9H12ClNO2. The Hall–Kier alpha value is -0.960. The molecule has 3 nitrogen and oxygen atoms in total. The Labute approximate surface area is 82.0 Å². The summed E-state index contributed by atoms with van der Waals surface area (Å²) in [5.74, 6) is -0.372. The zero-order chi connectivity index (χ0) is 9.84. The minimum atomic E-state index is -0.372. The molecule has 0 atom stereocenters. The van der Waals surface area contributed by atoms with Crippen LogP contribution in [0.2, 0.25) is 5.15 Å². The van der Waals surface area contributed by atoms with E-state index in [9.17, 15) is 4.79 Å². The Morgan fingerprint density at radius 3 is 2.77 bits per heavy atom. The van der Waals surface area contributed by atoms with Crippen LogP contribution < -0.4 is 0 Å². The lowest BCUT2D eigenvalue weighted by Crippen LogP contribution is -2.03. The highest BCUT2D eigenvalue weighted by Gasteiger charge is 2.13. The van der Waals surface area contributed by atoms with Gasteiger partial charge >= 0.3 is 5.97 Å². The molecule has 0 aromatic carbocycles. The molecule has 4 heteroatoms. The molecule has 0 aliphatic carbocycles. The van der Waals surface area contributed by atoms with Gasteiger partial charge in [0.1, 0.15) is 5.15 Å². The van der Waals surface area contributed by atoms with Crippen molar-refractivity contribution in [1.29, 1.82) is 0 Å². The van der Waals surface area contributed by atoms with Gasteiger partial charge in [0, 0.05) is 5.69 Å². The van der Waals surface area contributed by atoms with Crippen LogP contribution in [0.15, 0.2) is 6.07 Å². The number of carbonyl (C=O) groups excluding carboxylic acids is 1. The Kier molecular flexibility index (Phi) is 3.37. The predicted molar refractivity (Wildman–Crippen MR) is 51.1 cm³/mol. The van der Waals surface area contributed by atoms with E-state index < -0.39 is 0 Å². The summed E-state index contributed by atoms with van der Waals surface area (Å²) in [5, 5.41) is 0.357. The normalized spacial score (nSPS) is 10.1. The van der Waals surface area contributed by atoms with Crippen LogP contribution in [0, 0.1) is 0 Å². The van der Waals surface area contributed by atoms with Gasteiger partial charge in [-0.25, -0.2) is 4.79 Å². The van der Waals surface area contributed by atoms with Crippen LogP contribution in [-0.4, -0.2) is 17.6 Å². The second-order valence-electron chi connectivity index (χ2n) is 2.60. The maximum Gasteiger partial charge on any atom is 0.341 e. The smallest absolute Gasteiger partial charge is 0.341 e. The van der Waals surface area contributed by atoms with Crippen LogP contribution in [0.3, 0.4) is 0 Å². The molecule has 0 radical (unpaired) electrons. The van der Waals surface area contributed by atoms with Gasteiger partial charge in [0.2, 0.25) is 0 Å². The Bertz CT molecular complexity index is 307. The molecule has 0 aliphatic heterocycles. The largest absolute Gasteiger partial charge is 0.462 e. The molecule has 1 rings (SSSR count). The van der Waals surface area contributed by atoms with Crippen LogP contribution in [0.5, 0.6) is 0 Å². The van der Waals surface area contributed by atoms with Crippen LogP contribution in [0.1, 0.15) is 29.9 Å². The zero-order valence-electron chi connectivity index (χ0n) is 7.69. The third-order valence-corrected chi connectivity index (χ3v) is 2.00. The summed E-state index contributed by atoms with van der Waals surface area (Å²) in [6.45, 7) is 4.11. The third-order valence-electron chi connectivity index (χ3n) is 1.70. The first-order chi connectivity index (χ1) is 6.19. The van der Waals surface area contributed by atoms with E-state index >= 15 is 0 Å². The van der Waals surface area contributed by atoms with Gasteiger partial charge in [-0.05, 0) is 19.4 Å². The minimum Gasteiger partial charge on any atom is -0.462 e. The molecule has 0 saturated carbocycles. The highest BCUT2D eigenvalue weighted by molar-refractivity contribution is 6.32. The van der Waals surface area contributed by atoms with Crippen molar-refractivity contribution in [2.24, 2.45) is 0 Å². The summed E-state index contributed by atoms with van der Waals surface area (Å²) in [7, 11) is 0. The van der Waals surface area contributed by atoms with Crippen molar-refractivity contribution in [1.82, 2.24) is 4.98 Å². The maximum atomic E-state index is 11.3.